The van der Waals surface area contributed by atoms with Crippen LogP contribution in [0.5, 0.6) is 0 Å². The van der Waals surface area contributed by atoms with Crippen LogP contribution < -0.4 is 10.2 Å². The first kappa shape index (κ1) is 13.3. The molecule has 1 aliphatic rings. The van der Waals surface area contributed by atoms with Crippen molar-refractivity contribution in [3.8, 4) is 0 Å². The van der Waals surface area contributed by atoms with E-state index in [1.54, 1.807) is 0 Å². The number of aliphatic hydroxyl groups excluding tert-OH is 1. The van der Waals surface area contributed by atoms with Crippen LogP contribution in [0.1, 0.15) is 31.7 Å². The monoisotopic (exact) mass is 249 g/mol. The Morgan fingerprint density at radius 1 is 1.50 bits per heavy atom. The Balaban J connectivity index is 2.19. The van der Waals surface area contributed by atoms with Gasteiger partial charge in [-0.15, -0.1) is 0 Å². The molecule has 18 heavy (non-hydrogen) atoms. The molecule has 100 valence electrons. The fraction of sp³-hybridized carbons (Fsp3) is 0.643. The zero-order valence-corrected chi connectivity index (χ0v) is 11.1. The summed E-state index contributed by atoms with van der Waals surface area (Å²) < 4.78 is 0. The number of rotatable bonds is 5. The summed E-state index contributed by atoms with van der Waals surface area (Å²) in [6, 6.07) is 4.33. The number of pyridine rings is 1. The smallest absolute Gasteiger partial charge is 0.133 e. The van der Waals surface area contributed by atoms with E-state index in [0.29, 0.717) is 0 Å². The molecule has 4 nitrogen and oxygen atoms in total. The van der Waals surface area contributed by atoms with E-state index in [4.69, 9.17) is 0 Å². The zero-order valence-electron chi connectivity index (χ0n) is 11.1. The maximum atomic E-state index is 9.50. The first-order valence-electron chi connectivity index (χ1n) is 6.89. The number of anilines is 1. The van der Waals surface area contributed by atoms with Crippen LogP contribution in [0.25, 0.3) is 0 Å². The van der Waals surface area contributed by atoms with Gasteiger partial charge in [0.05, 0.1) is 12.6 Å². The topological polar surface area (TPSA) is 48.4 Å². The Morgan fingerprint density at radius 3 is 3.17 bits per heavy atom. The fourth-order valence-electron chi connectivity index (χ4n) is 2.56. The Kier molecular flexibility index (Phi) is 4.96. The molecule has 0 saturated carbocycles. The van der Waals surface area contributed by atoms with Crippen LogP contribution >= 0.6 is 0 Å². The molecule has 2 heterocycles. The van der Waals surface area contributed by atoms with Gasteiger partial charge in [-0.1, -0.05) is 13.0 Å². The summed E-state index contributed by atoms with van der Waals surface area (Å²) in [7, 11) is 0. The molecule has 1 aliphatic heterocycles. The molecule has 4 heteroatoms. The molecular formula is C14H23N3O. The molecular weight excluding hydrogens is 226 g/mol. The van der Waals surface area contributed by atoms with Gasteiger partial charge >= 0.3 is 0 Å². The number of nitrogens with zero attached hydrogens (tertiary/aromatic N) is 2. The third kappa shape index (κ3) is 3.00. The van der Waals surface area contributed by atoms with E-state index in [2.05, 4.69) is 28.2 Å². The number of hydrogen-bond donors (Lipinski definition) is 2. The molecule has 1 aromatic heterocycles. The summed E-state index contributed by atoms with van der Waals surface area (Å²) in [6.07, 6.45) is 5.30. The molecule has 2 N–H and O–H groups in total. The average Bonchev–Trinajstić information content (AvgIpc) is 2.45. The summed E-state index contributed by atoms with van der Waals surface area (Å²) in [5.41, 5.74) is 1.22. The van der Waals surface area contributed by atoms with Gasteiger partial charge in [-0.25, -0.2) is 4.98 Å². The van der Waals surface area contributed by atoms with Crippen molar-refractivity contribution >= 4 is 5.82 Å². The van der Waals surface area contributed by atoms with Gasteiger partial charge in [0.15, 0.2) is 0 Å². The summed E-state index contributed by atoms with van der Waals surface area (Å²) in [4.78, 5) is 6.80. The van der Waals surface area contributed by atoms with E-state index in [0.717, 1.165) is 31.9 Å². The Labute approximate surface area is 109 Å². The standard InChI is InChI=1S/C14H23N3O/c1-2-15-10-12-6-5-8-16-14(12)17-9-4-3-7-13(17)11-18/h5-6,8,13,15,18H,2-4,7,9-11H2,1H3. The minimum Gasteiger partial charge on any atom is -0.394 e. The number of aliphatic hydroxyl groups is 1. The van der Waals surface area contributed by atoms with Crippen LogP contribution in [0.4, 0.5) is 5.82 Å². The summed E-state index contributed by atoms with van der Waals surface area (Å²) in [5, 5.41) is 12.9. The molecule has 0 aliphatic carbocycles. The highest BCUT2D eigenvalue weighted by Gasteiger charge is 2.24. The van der Waals surface area contributed by atoms with Crippen LogP contribution in [0.3, 0.4) is 0 Å². The van der Waals surface area contributed by atoms with Crippen molar-refractivity contribution in [2.24, 2.45) is 0 Å². The van der Waals surface area contributed by atoms with Crippen molar-refractivity contribution < 1.29 is 5.11 Å². The summed E-state index contributed by atoms with van der Waals surface area (Å²) in [5.74, 6) is 1.04. The maximum Gasteiger partial charge on any atom is 0.133 e. The number of nitrogens with one attached hydrogen (secondary N) is 1. The van der Waals surface area contributed by atoms with Gasteiger partial charge in [-0.2, -0.15) is 0 Å². The predicted octanol–water partition coefficient (Wildman–Crippen LogP) is 1.54. The zero-order chi connectivity index (χ0) is 12.8. The van der Waals surface area contributed by atoms with Gasteiger partial charge < -0.3 is 15.3 Å². The fourth-order valence-corrected chi connectivity index (χ4v) is 2.56. The molecule has 0 spiro atoms. The van der Waals surface area contributed by atoms with Crippen molar-refractivity contribution in [1.29, 1.82) is 0 Å². The second-order valence-corrected chi connectivity index (χ2v) is 4.79. The maximum absolute atomic E-state index is 9.50. The van der Waals surface area contributed by atoms with Crippen molar-refractivity contribution in [3.05, 3.63) is 23.9 Å². The largest absolute Gasteiger partial charge is 0.394 e. The summed E-state index contributed by atoms with van der Waals surface area (Å²) in [6.45, 7) is 5.12. The van der Waals surface area contributed by atoms with E-state index >= 15 is 0 Å². The molecule has 1 saturated heterocycles. The molecule has 1 atom stereocenters. The van der Waals surface area contributed by atoms with E-state index in [1.807, 2.05) is 12.3 Å². The number of piperidine rings is 1. The first-order chi connectivity index (χ1) is 8.86. The van der Waals surface area contributed by atoms with Gasteiger partial charge in [0, 0.05) is 24.8 Å². The van der Waals surface area contributed by atoms with Gasteiger partial charge in [-0.05, 0) is 31.9 Å². The molecule has 0 radical (unpaired) electrons. The van der Waals surface area contributed by atoms with Crippen LogP contribution in [-0.2, 0) is 6.54 Å². The van der Waals surface area contributed by atoms with Crippen molar-refractivity contribution in [3.63, 3.8) is 0 Å². The van der Waals surface area contributed by atoms with E-state index in [-0.39, 0.29) is 12.6 Å². The lowest BCUT2D eigenvalue weighted by Crippen LogP contribution is -2.43. The molecule has 0 amide bonds. The average molecular weight is 249 g/mol. The van der Waals surface area contributed by atoms with Crippen molar-refractivity contribution in [2.45, 2.75) is 38.8 Å². The van der Waals surface area contributed by atoms with Crippen LogP contribution in [0, 0.1) is 0 Å². The van der Waals surface area contributed by atoms with Crippen LogP contribution in [0.2, 0.25) is 0 Å². The molecule has 2 rings (SSSR count). The molecule has 1 unspecified atom stereocenters. The first-order valence-corrected chi connectivity index (χ1v) is 6.89. The van der Waals surface area contributed by atoms with E-state index in [9.17, 15) is 5.11 Å². The Bertz CT molecular complexity index is 370. The highest BCUT2D eigenvalue weighted by atomic mass is 16.3. The van der Waals surface area contributed by atoms with Gasteiger partial charge in [-0.3, -0.25) is 0 Å². The highest BCUT2D eigenvalue weighted by Crippen LogP contribution is 2.25. The minimum atomic E-state index is 0.219. The van der Waals surface area contributed by atoms with Gasteiger partial charge in [0.25, 0.3) is 0 Å². The minimum absolute atomic E-state index is 0.219. The van der Waals surface area contributed by atoms with Crippen LogP contribution in [-0.4, -0.2) is 35.8 Å². The summed E-state index contributed by atoms with van der Waals surface area (Å²) >= 11 is 0. The lowest BCUT2D eigenvalue weighted by atomic mass is 10.0. The van der Waals surface area contributed by atoms with Gasteiger partial charge in [0.1, 0.15) is 5.82 Å². The number of aromatic nitrogens is 1. The third-order valence-corrected chi connectivity index (χ3v) is 3.54. The van der Waals surface area contributed by atoms with E-state index < -0.39 is 0 Å². The normalized spacial score (nSPS) is 20.1. The Morgan fingerprint density at radius 2 is 2.39 bits per heavy atom. The number of hydrogen-bond acceptors (Lipinski definition) is 4. The van der Waals surface area contributed by atoms with Gasteiger partial charge in [0.2, 0.25) is 0 Å². The lowest BCUT2D eigenvalue weighted by molar-refractivity contribution is 0.239. The van der Waals surface area contributed by atoms with Crippen LogP contribution in [0.15, 0.2) is 18.3 Å². The SMILES string of the molecule is CCNCc1cccnc1N1CCCCC1CO. The Hall–Kier alpha value is -1.13. The van der Waals surface area contributed by atoms with Crippen molar-refractivity contribution in [2.75, 3.05) is 24.6 Å². The highest BCUT2D eigenvalue weighted by molar-refractivity contribution is 5.48. The molecule has 0 aromatic carbocycles. The predicted molar refractivity (Wildman–Crippen MR) is 73.7 cm³/mol. The molecule has 0 bridgehead atoms. The third-order valence-electron chi connectivity index (χ3n) is 3.54. The van der Waals surface area contributed by atoms with Crippen molar-refractivity contribution in [1.82, 2.24) is 10.3 Å². The van der Waals surface area contributed by atoms with E-state index in [1.165, 1.54) is 18.4 Å². The second-order valence-electron chi connectivity index (χ2n) is 4.79. The molecule has 1 aromatic rings. The lowest BCUT2D eigenvalue weighted by Gasteiger charge is -2.36. The quantitative estimate of drug-likeness (QED) is 0.831. The second kappa shape index (κ2) is 6.71. The molecule has 1 fully saturated rings.